The Kier molecular flexibility index (Phi) is 4.79. The summed E-state index contributed by atoms with van der Waals surface area (Å²) in [5.74, 6) is 0.202. The van der Waals surface area contributed by atoms with E-state index in [4.69, 9.17) is 10.5 Å². The Labute approximate surface area is 118 Å². The van der Waals surface area contributed by atoms with Gasteiger partial charge < -0.3 is 19.9 Å². The highest BCUT2D eigenvalue weighted by atomic mass is 16.5. The van der Waals surface area contributed by atoms with Gasteiger partial charge in [-0.15, -0.1) is 0 Å². The first-order valence-electron chi connectivity index (χ1n) is 6.88. The van der Waals surface area contributed by atoms with E-state index in [2.05, 4.69) is 0 Å². The van der Waals surface area contributed by atoms with Crippen LogP contribution in [0.5, 0.6) is 5.75 Å². The first-order valence-corrected chi connectivity index (χ1v) is 6.88. The maximum Gasteiger partial charge on any atom is 0.293 e. The molecule has 0 aliphatic carbocycles. The van der Waals surface area contributed by atoms with Crippen LogP contribution in [-0.2, 0) is 11.3 Å². The van der Waals surface area contributed by atoms with Crippen molar-refractivity contribution in [2.75, 3.05) is 20.2 Å². The summed E-state index contributed by atoms with van der Waals surface area (Å²) in [6.45, 7) is 1.43. The number of methoxy groups -OCH3 is 1. The molecule has 1 aromatic heterocycles. The molecule has 110 valence electrons. The van der Waals surface area contributed by atoms with Crippen molar-refractivity contribution >= 4 is 5.91 Å². The number of amides is 1. The quantitative estimate of drug-likeness (QED) is 0.857. The summed E-state index contributed by atoms with van der Waals surface area (Å²) >= 11 is 0. The van der Waals surface area contributed by atoms with Crippen molar-refractivity contribution in [2.24, 2.45) is 5.73 Å². The average molecular weight is 279 g/mol. The van der Waals surface area contributed by atoms with E-state index in [0.29, 0.717) is 13.1 Å². The fourth-order valence-electron chi connectivity index (χ4n) is 2.41. The van der Waals surface area contributed by atoms with Crippen LogP contribution >= 0.6 is 0 Å². The smallest absolute Gasteiger partial charge is 0.293 e. The zero-order valence-electron chi connectivity index (χ0n) is 11.7. The van der Waals surface area contributed by atoms with Crippen molar-refractivity contribution in [3.05, 3.63) is 28.7 Å². The van der Waals surface area contributed by atoms with Crippen LogP contribution in [0.2, 0.25) is 0 Å². The summed E-state index contributed by atoms with van der Waals surface area (Å²) < 4.78 is 6.35. The van der Waals surface area contributed by atoms with Crippen LogP contribution in [0.15, 0.2) is 23.1 Å². The molecule has 2 N–H and O–H groups in total. The second kappa shape index (κ2) is 6.56. The predicted octanol–water partition coefficient (Wildman–Crippen LogP) is 0.197. The minimum Gasteiger partial charge on any atom is -0.491 e. The van der Waals surface area contributed by atoms with E-state index in [9.17, 15) is 9.59 Å². The molecular weight excluding hydrogens is 258 g/mol. The highest BCUT2D eigenvalue weighted by Gasteiger charge is 2.19. The Hall–Kier alpha value is -1.82. The molecule has 20 heavy (non-hydrogen) atoms. The van der Waals surface area contributed by atoms with Crippen molar-refractivity contribution in [1.82, 2.24) is 9.47 Å². The van der Waals surface area contributed by atoms with Gasteiger partial charge in [0, 0.05) is 25.3 Å². The standard InChI is InChI=1S/C14H21N3O3/c1-20-12-5-3-8-17(14(12)19)10-13(18)16-7-2-4-11(15)6-9-16/h3,5,8,11H,2,4,6-7,9-10,15H2,1H3/t11-/m0/s1. The molecule has 0 saturated carbocycles. The third-order valence-corrected chi connectivity index (χ3v) is 3.64. The van der Waals surface area contributed by atoms with Crippen molar-refractivity contribution in [1.29, 1.82) is 0 Å². The average Bonchev–Trinajstić information content (AvgIpc) is 2.66. The lowest BCUT2D eigenvalue weighted by atomic mass is 10.1. The molecule has 1 aromatic rings. The fraction of sp³-hybridized carbons (Fsp3) is 0.571. The number of pyridine rings is 1. The zero-order valence-corrected chi connectivity index (χ0v) is 11.7. The van der Waals surface area contributed by atoms with Gasteiger partial charge in [-0.3, -0.25) is 9.59 Å². The maximum atomic E-state index is 12.3. The van der Waals surface area contributed by atoms with E-state index in [1.807, 2.05) is 0 Å². The normalized spacial score (nSPS) is 19.5. The van der Waals surface area contributed by atoms with Gasteiger partial charge in [-0.2, -0.15) is 0 Å². The number of aromatic nitrogens is 1. The van der Waals surface area contributed by atoms with E-state index < -0.39 is 0 Å². The van der Waals surface area contributed by atoms with Gasteiger partial charge >= 0.3 is 0 Å². The molecule has 1 atom stereocenters. The molecule has 1 aliphatic rings. The number of carbonyl (C=O) groups excluding carboxylic acids is 1. The first-order chi connectivity index (χ1) is 9.61. The molecule has 6 nitrogen and oxygen atoms in total. The molecule has 1 fully saturated rings. The summed E-state index contributed by atoms with van der Waals surface area (Å²) in [7, 11) is 1.44. The lowest BCUT2D eigenvalue weighted by Gasteiger charge is -2.21. The molecule has 1 saturated heterocycles. The Bertz CT molecular complexity index is 527. The predicted molar refractivity (Wildman–Crippen MR) is 75.7 cm³/mol. The van der Waals surface area contributed by atoms with Gasteiger partial charge in [0.15, 0.2) is 5.75 Å². The number of hydrogen-bond donors (Lipinski definition) is 1. The minimum absolute atomic E-state index is 0.0468. The molecule has 0 spiro atoms. The number of nitrogens with zero attached hydrogens (tertiary/aromatic N) is 2. The number of rotatable bonds is 3. The molecule has 0 aromatic carbocycles. The van der Waals surface area contributed by atoms with Crippen LogP contribution in [0.3, 0.4) is 0 Å². The fourth-order valence-corrected chi connectivity index (χ4v) is 2.41. The van der Waals surface area contributed by atoms with Crippen LogP contribution < -0.4 is 16.0 Å². The van der Waals surface area contributed by atoms with Crippen LogP contribution in [0, 0.1) is 0 Å². The number of likely N-dealkylation sites (tertiary alicyclic amines) is 1. The van der Waals surface area contributed by atoms with Crippen molar-refractivity contribution in [2.45, 2.75) is 31.8 Å². The van der Waals surface area contributed by atoms with Gasteiger partial charge in [-0.1, -0.05) is 0 Å². The number of hydrogen-bond acceptors (Lipinski definition) is 4. The second-order valence-electron chi connectivity index (χ2n) is 5.08. The van der Waals surface area contributed by atoms with Crippen LogP contribution in [0.4, 0.5) is 0 Å². The summed E-state index contributed by atoms with van der Waals surface area (Å²) in [6, 6.07) is 3.47. The lowest BCUT2D eigenvalue weighted by Crippen LogP contribution is -2.37. The van der Waals surface area contributed by atoms with Crippen molar-refractivity contribution in [3.63, 3.8) is 0 Å². The third kappa shape index (κ3) is 3.39. The van der Waals surface area contributed by atoms with Crippen molar-refractivity contribution in [3.8, 4) is 5.75 Å². The second-order valence-corrected chi connectivity index (χ2v) is 5.08. The van der Waals surface area contributed by atoms with Gasteiger partial charge in [0.05, 0.1) is 7.11 Å². The molecule has 2 rings (SSSR count). The Morgan fingerprint density at radius 1 is 1.45 bits per heavy atom. The number of ether oxygens (including phenoxy) is 1. The summed E-state index contributed by atoms with van der Waals surface area (Å²) in [5, 5.41) is 0. The first kappa shape index (κ1) is 14.6. The minimum atomic E-state index is -0.283. The van der Waals surface area contributed by atoms with E-state index >= 15 is 0 Å². The molecule has 6 heteroatoms. The van der Waals surface area contributed by atoms with E-state index in [-0.39, 0.29) is 29.8 Å². The SMILES string of the molecule is COc1cccn(CC(=O)N2CCC[C@H](N)CC2)c1=O. The van der Waals surface area contributed by atoms with Gasteiger partial charge in [0.1, 0.15) is 6.54 Å². The molecule has 0 radical (unpaired) electrons. The largest absolute Gasteiger partial charge is 0.491 e. The van der Waals surface area contributed by atoms with Crippen LogP contribution in [-0.4, -0.2) is 41.6 Å². The highest BCUT2D eigenvalue weighted by Crippen LogP contribution is 2.10. The molecular formula is C14H21N3O3. The van der Waals surface area contributed by atoms with Gasteiger partial charge in [-0.05, 0) is 31.4 Å². The molecule has 2 heterocycles. The molecule has 1 amide bonds. The monoisotopic (exact) mass is 279 g/mol. The lowest BCUT2D eigenvalue weighted by molar-refractivity contribution is -0.131. The zero-order chi connectivity index (χ0) is 14.5. The summed E-state index contributed by atoms with van der Waals surface area (Å²) in [4.78, 5) is 26.0. The maximum absolute atomic E-state index is 12.3. The highest BCUT2D eigenvalue weighted by molar-refractivity contribution is 5.76. The van der Waals surface area contributed by atoms with E-state index in [1.54, 1.807) is 23.2 Å². The Balaban J connectivity index is 2.06. The Morgan fingerprint density at radius 2 is 2.25 bits per heavy atom. The van der Waals surface area contributed by atoms with Crippen molar-refractivity contribution < 1.29 is 9.53 Å². The van der Waals surface area contributed by atoms with Gasteiger partial charge in [0.25, 0.3) is 5.56 Å². The Morgan fingerprint density at radius 3 is 3.00 bits per heavy atom. The summed E-state index contributed by atoms with van der Waals surface area (Å²) in [6.07, 6.45) is 4.29. The molecule has 0 bridgehead atoms. The topological polar surface area (TPSA) is 77.6 Å². The number of nitrogens with two attached hydrogens (primary N) is 1. The third-order valence-electron chi connectivity index (χ3n) is 3.64. The van der Waals surface area contributed by atoms with Crippen LogP contribution in [0.1, 0.15) is 19.3 Å². The number of carbonyl (C=O) groups is 1. The van der Waals surface area contributed by atoms with E-state index in [0.717, 1.165) is 19.3 Å². The summed E-state index contributed by atoms with van der Waals surface area (Å²) in [5.41, 5.74) is 5.62. The van der Waals surface area contributed by atoms with Crippen LogP contribution in [0.25, 0.3) is 0 Å². The molecule has 0 unspecified atom stereocenters. The van der Waals surface area contributed by atoms with Gasteiger partial charge in [-0.25, -0.2) is 0 Å². The van der Waals surface area contributed by atoms with E-state index in [1.165, 1.54) is 11.7 Å². The van der Waals surface area contributed by atoms with Gasteiger partial charge in [0.2, 0.25) is 5.91 Å². The molecule has 1 aliphatic heterocycles.